The first-order valence-corrected chi connectivity index (χ1v) is 5.48. The molecule has 0 aliphatic heterocycles. The van der Waals surface area contributed by atoms with Crippen molar-refractivity contribution in [1.29, 1.82) is 0 Å². The summed E-state index contributed by atoms with van der Waals surface area (Å²) >= 11 is 0. The third-order valence-electron chi connectivity index (χ3n) is 2.34. The Labute approximate surface area is 110 Å². The van der Waals surface area contributed by atoms with E-state index in [0.717, 1.165) is 0 Å². The van der Waals surface area contributed by atoms with E-state index in [1.807, 2.05) is 0 Å². The predicted molar refractivity (Wildman–Crippen MR) is 58.0 cm³/mol. The number of nitrogens with zero attached hydrogens (tertiary/aromatic N) is 1. The topological polar surface area (TPSA) is 65.2 Å². The van der Waals surface area contributed by atoms with Gasteiger partial charge in [-0.3, -0.25) is 0 Å². The van der Waals surface area contributed by atoms with Crippen molar-refractivity contribution in [1.82, 2.24) is 4.98 Å². The van der Waals surface area contributed by atoms with Crippen LogP contribution in [0.25, 0.3) is 0 Å². The molecule has 9 heteroatoms. The van der Waals surface area contributed by atoms with Crippen LogP contribution in [-0.2, 0) is 17.5 Å². The number of rotatable bonds is 4. The van der Waals surface area contributed by atoms with Crippen LogP contribution in [0.1, 0.15) is 40.7 Å². The van der Waals surface area contributed by atoms with Gasteiger partial charge in [0.15, 0.2) is 5.69 Å². The molecule has 4 nitrogen and oxygen atoms in total. The van der Waals surface area contributed by atoms with Crippen molar-refractivity contribution in [2.75, 3.05) is 6.61 Å². The molecule has 112 valence electrons. The monoisotopic (exact) mass is 298 g/mol. The van der Waals surface area contributed by atoms with Crippen LogP contribution in [0.3, 0.4) is 0 Å². The molecule has 1 aromatic heterocycles. The number of esters is 1. The number of aromatic nitrogens is 1. The summed E-state index contributed by atoms with van der Waals surface area (Å²) in [6.07, 6.45) is -8.08. The van der Waals surface area contributed by atoms with Crippen LogP contribution in [0.15, 0.2) is 6.07 Å². The Bertz CT molecular complexity index is 502. The van der Waals surface area contributed by atoms with E-state index >= 15 is 0 Å². The van der Waals surface area contributed by atoms with E-state index in [9.17, 15) is 26.7 Å². The molecular formula is C11H11F5N2O2. The number of halogens is 5. The van der Waals surface area contributed by atoms with Crippen molar-refractivity contribution >= 4 is 5.97 Å². The zero-order valence-electron chi connectivity index (χ0n) is 10.3. The fourth-order valence-corrected chi connectivity index (χ4v) is 1.49. The van der Waals surface area contributed by atoms with Gasteiger partial charge in [0, 0.05) is 6.54 Å². The van der Waals surface area contributed by atoms with E-state index in [0.29, 0.717) is 6.07 Å². The first-order chi connectivity index (χ1) is 9.22. The maximum Gasteiger partial charge on any atom is 0.418 e. The summed E-state index contributed by atoms with van der Waals surface area (Å²) < 4.78 is 68.3. The summed E-state index contributed by atoms with van der Waals surface area (Å²) in [4.78, 5) is 14.5. The van der Waals surface area contributed by atoms with Crippen LogP contribution in [-0.4, -0.2) is 17.6 Å². The van der Waals surface area contributed by atoms with Gasteiger partial charge in [0.1, 0.15) is 5.69 Å². The van der Waals surface area contributed by atoms with Crippen molar-refractivity contribution in [2.45, 2.75) is 26.1 Å². The minimum atomic E-state index is -4.93. The minimum Gasteiger partial charge on any atom is -0.461 e. The molecule has 0 fully saturated rings. The predicted octanol–water partition coefficient (Wildman–Crippen LogP) is 2.67. The van der Waals surface area contributed by atoms with E-state index in [1.165, 1.54) is 6.92 Å². The van der Waals surface area contributed by atoms with E-state index in [-0.39, 0.29) is 6.61 Å². The van der Waals surface area contributed by atoms with Crippen LogP contribution in [0.2, 0.25) is 0 Å². The zero-order chi connectivity index (χ0) is 15.5. The normalized spacial score (nSPS) is 11.8. The largest absolute Gasteiger partial charge is 0.461 e. The van der Waals surface area contributed by atoms with Crippen LogP contribution in [0.4, 0.5) is 22.0 Å². The first kappa shape index (κ1) is 16.3. The Morgan fingerprint density at radius 3 is 2.45 bits per heavy atom. The highest BCUT2D eigenvalue weighted by Crippen LogP contribution is 2.34. The number of carbonyl (C=O) groups is 1. The molecule has 2 N–H and O–H groups in total. The van der Waals surface area contributed by atoms with Crippen LogP contribution >= 0.6 is 0 Å². The number of alkyl halides is 5. The van der Waals surface area contributed by atoms with Gasteiger partial charge >= 0.3 is 12.1 Å². The molecule has 0 radical (unpaired) electrons. The third-order valence-corrected chi connectivity index (χ3v) is 2.34. The molecule has 0 bridgehead atoms. The second-order valence-electron chi connectivity index (χ2n) is 3.65. The summed E-state index contributed by atoms with van der Waals surface area (Å²) in [5, 5.41) is 0. The third kappa shape index (κ3) is 3.41. The highest BCUT2D eigenvalue weighted by Gasteiger charge is 2.38. The standard InChI is InChI=1S/C11H11F5N2O2/c1-2-20-10(19)8-6(11(14,15)16)3-5(4-17)7(18-8)9(12)13/h3,9H,2,4,17H2,1H3. The highest BCUT2D eigenvalue weighted by molar-refractivity contribution is 5.89. The summed E-state index contributed by atoms with van der Waals surface area (Å²) in [5.74, 6) is -1.41. The number of carbonyl (C=O) groups excluding carboxylic acids is 1. The quantitative estimate of drug-likeness (QED) is 0.685. The molecule has 0 spiro atoms. The number of hydrogen-bond acceptors (Lipinski definition) is 4. The molecule has 0 saturated heterocycles. The lowest BCUT2D eigenvalue weighted by molar-refractivity contribution is -0.138. The van der Waals surface area contributed by atoms with Gasteiger partial charge < -0.3 is 10.5 Å². The lowest BCUT2D eigenvalue weighted by Gasteiger charge is -2.15. The lowest BCUT2D eigenvalue weighted by atomic mass is 10.1. The van der Waals surface area contributed by atoms with Gasteiger partial charge in [0.05, 0.1) is 12.2 Å². The number of nitrogens with two attached hydrogens (primary N) is 1. The van der Waals surface area contributed by atoms with Crippen molar-refractivity contribution in [2.24, 2.45) is 5.73 Å². The van der Waals surface area contributed by atoms with E-state index in [2.05, 4.69) is 9.72 Å². The summed E-state index contributed by atoms with van der Waals surface area (Å²) in [6.45, 7) is 0.604. The minimum absolute atomic E-state index is 0.208. The molecule has 0 aliphatic carbocycles. The molecule has 20 heavy (non-hydrogen) atoms. The Morgan fingerprint density at radius 2 is 2.05 bits per heavy atom. The molecule has 0 unspecified atom stereocenters. The Kier molecular flexibility index (Phi) is 4.98. The fraction of sp³-hybridized carbons (Fsp3) is 0.455. The van der Waals surface area contributed by atoms with Gasteiger partial charge in [0.25, 0.3) is 6.43 Å². The summed E-state index contributed by atoms with van der Waals surface area (Å²) in [6, 6.07) is 0.404. The highest BCUT2D eigenvalue weighted by atomic mass is 19.4. The SMILES string of the molecule is CCOC(=O)c1nc(C(F)F)c(CN)cc1C(F)(F)F. The molecule has 1 rings (SSSR count). The van der Waals surface area contributed by atoms with Gasteiger partial charge in [-0.05, 0) is 18.6 Å². The van der Waals surface area contributed by atoms with Crippen molar-refractivity contribution < 1.29 is 31.5 Å². The van der Waals surface area contributed by atoms with Crippen LogP contribution in [0, 0.1) is 0 Å². The van der Waals surface area contributed by atoms with Gasteiger partial charge in [-0.1, -0.05) is 0 Å². The summed E-state index contributed by atoms with van der Waals surface area (Å²) in [5.41, 5.74) is 1.07. The number of pyridine rings is 1. The first-order valence-electron chi connectivity index (χ1n) is 5.48. The second-order valence-corrected chi connectivity index (χ2v) is 3.65. The Morgan fingerprint density at radius 1 is 1.45 bits per heavy atom. The van der Waals surface area contributed by atoms with E-state index in [1.54, 1.807) is 0 Å². The molecular weight excluding hydrogens is 287 g/mol. The van der Waals surface area contributed by atoms with Crippen LogP contribution < -0.4 is 5.73 Å². The second kappa shape index (κ2) is 6.12. The van der Waals surface area contributed by atoms with Crippen molar-refractivity contribution in [3.8, 4) is 0 Å². The Balaban J connectivity index is 3.52. The molecule has 0 amide bonds. The van der Waals surface area contributed by atoms with E-state index < -0.39 is 47.6 Å². The maximum atomic E-state index is 12.8. The summed E-state index contributed by atoms with van der Waals surface area (Å²) in [7, 11) is 0. The van der Waals surface area contributed by atoms with E-state index in [4.69, 9.17) is 5.73 Å². The average molecular weight is 298 g/mol. The molecule has 0 aromatic carbocycles. The lowest BCUT2D eigenvalue weighted by Crippen LogP contribution is -2.20. The van der Waals surface area contributed by atoms with Gasteiger partial charge in [-0.2, -0.15) is 13.2 Å². The zero-order valence-corrected chi connectivity index (χ0v) is 10.3. The van der Waals surface area contributed by atoms with Crippen molar-refractivity contribution in [3.05, 3.63) is 28.6 Å². The number of ether oxygens (including phenoxy) is 1. The molecule has 1 heterocycles. The van der Waals surface area contributed by atoms with Gasteiger partial charge in [-0.25, -0.2) is 18.6 Å². The molecule has 0 saturated carbocycles. The fourth-order valence-electron chi connectivity index (χ4n) is 1.49. The van der Waals surface area contributed by atoms with Crippen molar-refractivity contribution in [3.63, 3.8) is 0 Å². The average Bonchev–Trinajstić information content (AvgIpc) is 2.36. The Hall–Kier alpha value is -1.77. The van der Waals surface area contributed by atoms with Crippen LogP contribution in [0.5, 0.6) is 0 Å². The van der Waals surface area contributed by atoms with Gasteiger partial charge in [-0.15, -0.1) is 0 Å². The smallest absolute Gasteiger partial charge is 0.418 e. The number of hydrogen-bond donors (Lipinski definition) is 1. The molecule has 0 atom stereocenters. The maximum absolute atomic E-state index is 12.8. The molecule has 1 aromatic rings. The molecule has 0 aliphatic rings. The van der Waals surface area contributed by atoms with Gasteiger partial charge in [0.2, 0.25) is 0 Å².